The summed E-state index contributed by atoms with van der Waals surface area (Å²) in [4.78, 5) is 11.8. The average Bonchev–Trinajstić information content (AvgIpc) is 2.72. The minimum Gasteiger partial charge on any atom is -0.462 e. The van der Waals surface area contributed by atoms with Crippen LogP contribution in [0.3, 0.4) is 0 Å². The van der Waals surface area contributed by atoms with E-state index < -0.39 is 45.1 Å². The number of alkyl halides is 9. The van der Waals surface area contributed by atoms with Crippen LogP contribution in [0.1, 0.15) is 17.3 Å². The molecule has 0 saturated carbocycles. The van der Waals surface area contributed by atoms with Gasteiger partial charge in [0.25, 0.3) is 0 Å². The zero-order valence-corrected chi connectivity index (χ0v) is 17.5. The second kappa shape index (κ2) is 9.00. The number of halogens is 9. The fraction of sp³-hybridized carbons (Fsp3) is 0.316. The van der Waals surface area contributed by atoms with Crippen molar-refractivity contribution in [2.75, 3.05) is 6.61 Å². The Morgan fingerprint density at radius 3 is 1.88 bits per heavy atom. The zero-order valence-electron chi connectivity index (χ0n) is 16.7. The third-order valence-electron chi connectivity index (χ3n) is 4.18. The molecule has 0 aromatic heterocycles. The summed E-state index contributed by atoms with van der Waals surface area (Å²) in [6.07, 6.45) is -7.20. The van der Waals surface area contributed by atoms with E-state index >= 15 is 0 Å². The molecular formula is C19H13F9O5S. The van der Waals surface area contributed by atoms with Crippen molar-refractivity contribution in [1.29, 1.82) is 0 Å². The van der Waals surface area contributed by atoms with Gasteiger partial charge in [-0.3, -0.25) is 0 Å². The Kier molecular flexibility index (Phi) is 7.22. The third kappa shape index (κ3) is 4.79. The Hall–Kier alpha value is -2.97. The lowest BCUT2D eigenvalue weighted by molar-refractivity contribution is -0.382. The summed E-state index contributed by atoms with van der Waals surface area (Å²) >= 11 is 0. The van der Waals surface area contributed by atoms with Crippen LogP contribution in [0.4, 0.5) is 39.5 Å². The molecule has 0 heterocycles. The normalized spacial score (nSPS) is 13.5. The summed E-state index contributed by atoms with van der Waals surface area (Å²) in [5, 5.41) is -6.99. The van der Waals surface area contributed by atoms with Crippen LogP contribution in [0.5, 0.6) is 5.75 Å². The quantitative estimate of drug-likeness (QED) is 0.253. The van der Waals surface area contributed by atoms with Crippen molar-refractivity contribution >= 4 is 16.1 Å². The first-order chi connectivity index (χ1) is 15.4. The lowest BCUT2D eigenvalue weighted by Crippen LogP contribution is -2.63. The lowest BCUT2D eigenvalue weighted by Gasteiger charge is -2.32. The summed E-state index contributed by atoms with van der Waals surface area (Å²) in [5.74, 6) is -16.7. The Balaban J connectivity index is 2.42. The van der Waals surface area contributed by atoms with E-state index in [1.165, 1.54) is 37.3 Å². The first-order valence-electron chi connectivity index (χ1n) is 8.91. The molecule has 0 spiro atoms. The molecule has 2 aromatic carbocycles. The van der Waals surface area contributed by atoms with Gasteiger partial charge < -0.3 is 8.92 Å². The highest BCUT2D eigenvalue weighted by atomic mass is 32.2. The van der Waals surface area contributed by atoms with E-state index in [0.29, 0.717) is 12.1 Å². The van der Waals surface area contributed by atoms with Gasteiger partial charge in [0.15, 0.2) is 0 Å². The topological polar surface area (TPSA) is 69.7 Å². The fourth-order valence-corrected chi connectivity index (χ4v) is 3.37. The zero-order chi connectivity index (χ0) is 26.2. The number of esters is 1. The van der Waals surface area contributed by atoms with E-state index in [4.69, 9.17) is 4.74 Å². The highest BCUT2D eigenvalue weighted by molar-refractivity contribution is 7.88. The molecule has 0 aliphatic carbocycles. The Morgan fingerprint density at radius 2 is 1.35 bits per heavy atom. The van der Waals surface area contributed by atoms with Crippen LogP contribution in [-0.4, -0.2) is 44.3 Å². The van der Waals surface area contributed by atoms with Crippen molar-refractivity contribution in [3.8, 4) is 16.9 Å². The molecule has 0 fully saturated rings. The van der Waals surface area contributed by atoms with Crippen molar-refractivity contribution in [1.82, 2.24) is 0 Å². The molecule has 0 saturated heterocycles. The molecule has 2 rings (SSSR count). The van der Waals surface area contributed by atoms with E-state index in [9.17, 15) is 52.7 Å². The van der Waals surface area contributed by atoms with Crippen molar-refractivity contribution < 1.29 is 61.6 Å². The highest BCUT2D eigenvalue weighted by Crippen LogP contribution is 2.55. The molecule has 0 radical (unpaired) electrons. The molecule has 188 valence electrons. The summed E-state index contributed by atoms with van der Waals surface area (Å²) in [6.45, 7) is 1.57. The predicted molar refractivity (Wildman–Crippen MR) is 98.3 cm³/mol. The maximum absolute atomic E-state index is 13.8. The molecule has 0 N–H and O–H groups in total. The average molecular weight is 524 g/mol. The minimum absolute atomic E-state index is 0.0189. The van der Waals surface area contributed by atoms with Crippen LogP contribution in [-0.2, 0) is 14.9 Å². The van der Waals surface area contributed by atoms with E-state index in [-0.39, 0.29) is 23.3 Å². The van der Waals surface area contributed by atoms with E-state index in [1.54, 1.807) is 0 Å². The summed E-state index contributed by atoms with van der Waals surface area (Å²) in [5.41, 5.74) is 0.169. The Morgan fingerprint density at radius 1 is 0.824 bits per heavy atom. The van der Waals surface area contributed by atoms with E-state index in [2.05, 4.69) is 4.18 Å². The van der Waals surface area contributed by atoms with Gasteiger partial charge in [0.05, 0.1) is 12.2 Å². The second-order valence-corrected chi connectivity index (χ2v) is 8.12. The Bertz CT molecular complexity index is 1160. The standard InChI is InChI=1S/C19H13F9O5S/c1-2-32-15(29)13-7-3-5-11(9-13)12-6-4-8-14(10-12)33-34(30,31)19(27,28)17(22,23)16(20,21)18(24,25)26/h3-10H,2H2,1H3. The van der Waals surface area contributed by atoms with Crippen molar-refractivity contribution in [2.24, 2.45) is 0 Å². The molecule has 0 amide bonds. The molecule has 0 aliphatic rings. The third-order valence-corrected chi connectivity index (χ3v) is 5.47. The number of ether oxygens (including phenoxy) is 1. The van der Waals surface area contributed by atoms with Crippen LogP contribution < -0.4 is 4.18 Å². The molecule has 0 unspecified atom stereocenters. The summed E-state index contributed by atoms with van der Waals surface area (Å²) < 4.78 is 149. The van der Waals surface area contributed by atoms with Crippen molar-refractivity contribution in [2.45, 2.75) is 30.2 Å². The lowest BCUT2D eigenvalue weighted by atomic mass is 10.0. The molecule has 15 heteroatoms. The fourth-order valence-electron chi connectivity index (χ4n) is 2.46. The van der Waals surface area contributed by atoms with Gasteiger partial charge in [-0.2, -0.15) is 47.9 Å². The summed E-state index contributed by atoms with van der Waals surface area (Å²) in [6, 6.07) is 8.87. The number of benzene rings is 2. The van der Waals surface area contributed by atoms with Gasteiger partial charge in [0.1, 0.15) is 5.75 Å². The molecule has 0 atom stereocenters. The number of hydrogen-bond acceptors (Lipinski definition) is 5. The predicted octanol–water partition coefficient (Wildman–Crippen LogP) is 5.66. The number of rotatable bonds is 8. The van der Waals surface area contributed by atoms with Gasteiger partial charge in [0, 0.05) is 0 Å². The van der Waals surface area contributed by atoms with Crippen LogP contribution >= 0.6 is 0 Å². The van der Waals surface area contributed by atoms with E-state index in [1.807, 2.05) is 0 Å². The number of hydrogen-bond donors (Lipinski definition) is 0. The first-order valence-corrected chi connectivity index (χ1v) is 10.3. The van der Waals surface area contributed by atoms with Gasteiger partial charge in [-0.25, -0.2) is 4.79 Å². The van der Waals surface area contributed by atoms with Gasteiger partial charge in [0.2, 0.25) is 0 Å². The molecular weight excluding hydrogens is 511 g/mol. The van der Waals surface area contributed by atoms with Crippen molar-refractivity contribution in [3.05, 3.63) is 54.1 Å². The number of carbonyl (C=O) groups is 1. The van der Waals surface area contributed by atoms with Crippen LogP contribution in [0.2, 0.25) is 0 Å². The monoisotopic (exact) mass is 524 g/mol. The Labute approximate surface area is 186 Å². The minimum atomic E-state index is -7.41. The molecule has 2 aromatic rings. The smallest absolute Gasteiger partial charge is 0.460 e. The van der Waals surface area contributed by atoms with Gasteiger partial charge in [-0.05, 0) is 42.3 Å². The molecule has 5 nitrogen and oxygen atoms in total. The first kappa shape index (κ1) is 27.3. The highest BCUT2D eigenvalue weighted by Gasteiger charge is 2.86. The maximum atomic E-state index is 13.8. The van der Waals surface area contributed by atoms with Gasteiger partial charge >= 0.3 is 39.4 Å². The van der Waals surface area contributed by atoms with Crippen LogP contribution in [0.15, 0.2) is 48.5 Å². The molecule has 34 heavy (non-hydrogen) atoms. The van der Waals surface area contributed by atoms with E-state index in [0.717, 1.165) is 6.07 Å². The molecule has 0 bridgehead atoms. The van der Waals surface area contributed by atoms with Crippen LogP contribution in [0, 0.1) is 0 Å². The van der Waals surface area contributed by atoms with Crippen LogP contribution in [0.25, 0.3) is 11.1 Å². The SMILES string of the molecule is CCOC(=O)c1cccc(-c2cccc(OS(=O)(=O)C(F)(F)C(F)(F)C(F)(F)C(F)(F)F)c2)c1. The van der Waals surface area contributed by atoms with Crippen molar-refractivity contribution in [3.63, 3.8) is 0 Å². The summed E-state index contributed by atoms with van der Waals surface area (Å²) in [7, 11) is -7.08. The number of carbonyl (C=O) groups excluding carboxylic acids is 1. The second-order valence-electron chi connectivity index (χ2n) is 6.53. The van der Waals surface area contributed by atoms with Gasteiger partial charge in [-0.15, -0.1) is 0 Å². The van der Waals surface area contributed by atoms with Gasteiger partial charge in [-0.1, -0.05) is 24.3 Å². The molecule has 0 aliphatic heterocycles. The maximum Gasteiger partial charge on any atom is 0.460 e. The largest absolute Gasteiger partial charge is 0.462 e.